The quantitative estimate of drug-likeness (QED) is 0.810. The van der Waals surface area contributed by atoms with Crippen LogP contribution in [0, 0.1) is 0 Å². The number of carboxylic acids is 1. The second kappa shape index (κ2) is 4.58. The monoisotopic (exact) mass is 240 g/mol. The summed E-state index contributed by atoms with van der Waals surface area (Å²) in [5, 5.41) is 9.09. The van der Waals surface area contributed by atoms with Crippen LogP contribution in [0.5, 0.6) is 0 Å². The summed E-state index contributed by atoms with van der Waals surface area (Å²) >= 11 is 0. The Kier molecular flexibility index (Phi) is 3.46. The van der Waals surface area contributed by atoms with Crippen LogP contribution in [-0.4, -0.2) is 58.6 Å². The van der Waals surface area contributed by atoms with E-state index in [1.807, 2.05) is 0 Å². The highest BCUT2D eigenvalue weighted by molar-refractivity contribution is 5.67. The Morgan fingerprint density at radius 2 is 2.06 bits per heavy atom. The lowest BCUT2D eigenvalue weighted by Gasteiger charge is -2.42. The van der Waals surface area contributed by atoms with E-state index in [-0.39, 0.29) is 18.0 Å². The molecule has 1 aliphatic carbocycles. The molecule has 17 heavy (non-hydrogen) atoms. The predicted octanol–water partition coefficient (Wildman–Crippen LogP) is 1.41. The van der Waals surface area contributed by atoms with Crippen molar-refractivity contribution in [2.75, 3.05) is 20.1 Å². The summed E-state index contributed by atoms with van der Waals surface area (Å²) < 4.78 is 0. The van der Waals surface area contributed by atoms with E-state index in [2.05, 4.69) is 30.7 Å². The molecule has 0 amide bonds. The van der Waals surface area contributed by atoms with Crippen LogP contribution in [0.1, 0.15) is 39.5 Å². The van der Waals surface area contributed by atoms with Gasteiger partial charge >= 0.3 is 5.97 Å². The topological polar surface area (TPSA) is 43.8 Å². The average Bonchev–Trinajstić information content (AvgIpc) is 2.96. The van der Waals surface area contributed by atoms with Crippen LogP contribution in [0.2, 0.25) is 0 Å². The van der Waals surface area contributed by atoms with E-state index in [4.69, 9.17) is 5.11 Å². The van der Waals surface area contributed by atoms with Gasteiger partial charge in [-0.2, -0.15) is 0 Å². The van der Waals surface area contributed by atoms with Crippen molar-refractivity contribution in [1.82, 2.24) is 9.80 Å². The number of likely N-dealkylation sites (N-methyl/N-ethyl adjacent to an activating group) is 1. The number of hydrogen-bond donors (Lipinski definition) is 1. The summed E-state index contributed by atoms with van der Waals surface area (Å²) in [4.78, 5) is 15.8. The van der Waals surface area contributed by atoms with Gasteiger partial charge in [0.2, 0.25) is 0 Å². The van der Waals surface area contributed by atoms with Gasteiger partial charge in [0, 0.05) is 24.2 Å². The van der Waals surface area contributed by atoms with Gasteiger partial charge in [0.05, 0.1) is 6.42 Å². The zero-order valence-electron chi connectivity index (χ0n) is 11.1. The molecule has 1 atom stereocenters. The molecule has 2 rings (SSSR count). The first-order chi connectivity index (χ1) is 7.90. The number of aliphatic carboxylic acids is 1. The maximum Gasteiger partial charge on any atom is 0.304 e. The van der Waals surface area contributed by atoms with Crippen molar-refractivity contribution in [3.05, 3.63) is 0 Å². The zero-order chi connectivity index (χ0) is 12.6. The third-order valence-electron chi connectivity index (χ3n) is 4.07. The Morgan fingerprint density at radius 1 is 1.41 bits per heavy atom. The molecular formula is C13H24N2O2. The summed E-state index contributed by atoms with van der Waals surface area (Å²) in [6.45, 7) is 6.47. The van der Waals surface area contributed by atoms with Crippen molar-refractivity contribution < 1.29 is 9.90 Å². The van der Waals surface area contributed by atoms with E-state index in [0.29, 0.717) is 6.04 Å². The van der Waals surface area contributed by atoms with E-state index in [1.165, 1.54) is 12.8 Å². The Morgan fingerprint density at radius 3 is 2.59 bits per heavy atom. The molecule has 4 nitrogen and oxygen atoms in total. The highest BCUT2D eigenvalue weighted by Gasteiger charge is 2.44. The standard InChI is InChI=1S/C13H24N2O2/c1-13(2)6-7-14(3)9-11(8-12(16)17)15(13)10-4-5-10/h10-11H,4-9H2,1-3H3,(H,16,17). The fourth-order valence-electron chi connectivity index (χ4n) is 3.14. The van der Waals surface area contributed by atoms with E-state index in [1.54, 1.807) is 0 Å². The smallest absolute Gasteiger partial charge is 0.304 e. The first-order valence-electron chi connectivity index (χ1n) is 6.59. The van der Waals surface area contributed by atoms with Crippen LogP contribution in [0.4, 0.5) is 0 Å². The van der Waals surface area contributed by atoms with Crippen LogP contribution in [0.25, 0.3) is 0 Å². The van der Waals surface area contributed by atoms with E-state index < -0.39 is 5.97 Å². The minimum absolute atomic E-state index is 0.131. The highest BCUT2D eigenvalue weighted by atomic mass is 16.4. The highest BCUT2D eigenvalue weighted by Crippen LogP contribution is 2.38. The number of rotatable bonds is 3. The second-order valence-electron chi connectivity index (χ2n) is 6.21. The molecule has 1 saturated heterocycles. The molecule has 4 heteroatoms. The molecule has 1 N–H and O–H groups in total. The van der Waals surface area contributed by atoms with E-state index in [0.717, 1.165) is 19.5 Å². The van der Waals surface area contributed by atoms with Crippen LogP contribution < -0.4 is 0 Å². The fraction of sp³-hybridized carbons (Fsp3) is 0.923. The largest absolute Gasteiger partial charge is 0.481 e. The molecule has 0 spiro atoms. The Labute approximate surface area is 104 Å². The van der Waals surface area contributed by atoms with Gasteiger partial charge in [-0.1, -0.05) is 0 Å². The van der Waals surface area contributed by atoms with Gasteiger partial charge in [0.25, 0.3) is 0 Å². The minimum Gasteiger partial charge on any atom is -0.481 e. The first-order valence-corrected chi connectivity index (χ1v) is 6.59. The average molecular weight is 240 g/mol. The molecule has 0 radical (unpaired) electrons. The molecule has 98 valence electrons. The van der Waals surface area contributed by atoms with Crippen molar-refractivity contribution in [2.24, 2.45) is 0 Å². The van der Waals surface area contributed by atoms with Crippen molar-refractivity contribution in [3.8, 4) is 0 Å². The number of hydrogen-bond acceptors (Lipinski definition) is 3. The van der Waals surface area contributed by atoms with E-state index in [9.17, 15) is 4.79 Å². The lowest BCUT2D eigenvalue weighted by molar-refractivity contribution is -0.139. The molecule has 0 aromatic heterocycles. The Bertz CT molecular complexity index is 300. The van der Waals surface area contributed by atoms with Crippen molar-refractivity contribution in [2.45, 2.75) is 57.2 Å². The fourth-order valence-corrected chi connectivity index (χ4v) is 3.14. The first kappa shape index (κ1) is 12.8. The molecule has 0 aromatic rings. The SMILES string of the molecule is CN1CCC(C)(C)N(C2CC2)C(CC(=O)O)C1. The van der Waals surface area contributed by atoms with Gasteiger partial charge in [-0.05, 0) is 46.7 Å². The van der Waals surface area contributed by atoms with Crippen molar-refractivity contribution in [3.63, 3.8) is 0 Å². The third-order valence-corrected chi connectivity index (χ3v) is 4.07. The van der Waals surface area contributed by atoms with Crippen LogP contribution in [0.15, 0.2) is 0 Å². The van der Waals surface area contributed by atoms with Crippen LogP contribution in [-0.2, 0) is 4.79 Å². The van der Waals surface area contributed by atoms with Gasteiger partial charge in [-0.3, -0.25) is 9.69 Å². The summed E-state index contributed by atoms with van der Waals surface area (Å²) in [6.07, 6.45) is 3.87. The summed E-state index contributed by atoms with van der Waals surface area (Å²) in [7, 11) is 2.10. The Hall–Kier alpha value is -0.610. The second-order valence-corrected chi connectivity index (χ2v) is 6.21. The molecule has 1 saturated carbocycles. The molecule has 0 bridgehead atoms. The number of nitrogens with zero attached hydrogens (tertiary/aromatic N) is 2. The molecule has 2 fully saturated rings. The summed E-state index contributed by atoms with van der Waals surface area (Å²) in [5.41, 5.74) is 0.131. The van der Waals surface area contributed by atoms with Gasteiger partial charge in [-0.25, -0.2) is 0 Å². The number of carbonyl (C=O) groups is 1. The molecule has 1 aliphatic heterocycles. The van der Waals surface area contributed by atoms with Crippen LogP contribution >= 0.6 is 0 Å². The zero-order valence-corrected chi connectivity index (χ0v) is 11.1. The van der Waals surface area contributed by atoms with Gasteiger partial charge in [0.1, 0.15) is 0 Å². The van der Waals surface area contributed by atoms with Crippen molar-refractivity contribution in [1.29, 1.82) is 0 Å². The lowest BCUT2D eigenvalue weighted by atomic mass is 9.95. The molecule has 1 heterocycles. The number of carboxylic acid groups (broad SMARTS) is 1. The maximum absolute atomic E-state index is 11.0. The maximum atomic E-state index is 11.0. The Balaban J connectivity index is 2.19. The summed E-state index contributed by atoms with van der Waals surface area (Å²) in [6, 6.07) is 0.795. The normalized spacial score (nSPS) is 31.1. The lowest BCUT2D eigenvalue weighted by Crippen LogP contribution is -2.52. The molecule has 0 aromatic carbocycles. The van der Waals surface area contributed by atoms with E-state index >= 15 is 0 Å². The van der Waals surface area contributed by atoms with Gasteiger partial charge in [0.15, 0.2) is 0 Å². The molecule has 1 unspecified atom stereocenters. The third kappa shape index (κ3) is 2.99. The van der Waals surface area contributed by atoms with Crippen LogP contribution in [0.3, 0.4) is 0 Å². The minimum atomic E-state index is -0.674. The van der Waals surface area contributed by atoms with Crippen molar-refractivity contribution >= 4 is 5.97 Å². The van der Waals surface area contributed by atoms with Gasteiger partial charge in [-0.15, -0.1) is 0 Å². The van der Waals surface area contributed by atoms with Gasteiger partial charge < -0.3 is 10.0 Å². The summed E-state index contributed by atoms with van der Waals surface area (Å²) in [5.74, 6) is -0.674. The molecule has 2 aliphatic rings. The molecular weight excluding hydrogens is 216 g/mol. The predicted molar refractivity (Wildman–Crippen MR) is 67.1 cm³/mol.